The van der Waals surface area contributed by atoms with Crippen LogP contribution in [0.4, 0.5) is 0 Å². The molecular formula is C30H31N3. The van der Waals surface area contributed by atoms with Crippen molar-refractivity contribution in [3.63, 3.8) is 0 Å². The van der Waals surface area contributed by atoms with Crippen molar-refractivity contribution in [3.05, 3.63) is 89.5 Å². The van der Waals surface area contributed by atoms with E-state index in [1.54, 1.807) is 0 Å². The fourth-order valence-electron chi connectivity index (χ4n) is 5.28. The smallest absolute Gasteiger partial charge is 0.141 e. The molecule has 166 valence electrons. The van der Waals surface area contributed by atoms with Gasteiger partial charge in [-0.15, -0.1) is 0 Å². The maximum Gasteiger partial charge on any atom is 0.141 e. The molecule has 0 N–H and O–H groups in total. The van der Waals surface area contributed by atoms with E-state index in [1.165, 1.54) is 60.7 Å². The van der Waals surface area contributed by atoms with E-state index < -0.39 is 0 Å². The Bertz CT molecular complexity index is 1250. The Morgan fingerprint density at radius 1 is 0.848 bits per heavy atom. The highest BCUT2D eigenvalue weighted by Gasteiger charge is 2.18. The molecule has 0 aliphatic heterocycles. The summed E-state index contributed by atoms with van der Waals surface area (Å²) < 4.78 is 2.46. The van der Waals surface area contributed by atoms with Crippen LogP contribution in [0.5, 0.6) is 0 Å². The van der Waals surface area contributed by atoms with Crippen molar-refractivity contribution in [1.29, 1.82) is 5.26 Å². The first-order valence-corrected chi connectivity index (χ1v) is 12.3. The minimum Gasteiger partial charge on any atom is -0.324 e. The third kappa shape index (κ3) is 4.86. The molecular weight excluding hydrogens is 402 g/mol. The number of aryl methyl sites for hydroxylation is 3. The molecule has 1 heterocycles. The van der Waals surface area contributed by atoms with Crippen molar-refractivity contribution < 1.29 is 0 Å². The SMILES string of the molecule is N#Cc1ccc(CCc2ccccc2-c2nc3ccccc3n2CCC2CCCCC2)cc1. The lowest BCUT2D eigenvalue weighted by molar-refractivity contribution is 0.326. The Hall–Kier alpha value is -3.38. The summed E-state index contributed by atoms with van der Waals surface area (Å²) >= 11 is 0. The molecule has 4 aromatic rings. The third-order valence-electron chi connectivity index (χ3n) is 7.16. The molecule has 3 heteroatoms. The zero-order chi connectivity index (χ0) is 22.5. The molecule has 0 bridgehead atoms. The number of fused-ring (bicyclic) bond motifs is 1. The maximum atomic E-state index is 9.05. The van der Waals surface area contributed by atoms with Crippen molar-refractivity contribution in [2.75, 3.05) is 0 Å². The van der Waals surface area contributed by atoms with Gasteiger partial charge in [-0.1, -0.05) is 80.6 Å². The lowest BCUT2D eigenvalue weighted by atomic mass is 9.87. The number of hydrogen-bond acceptors (Lipinski definition) is 2. The van der Waals surface area contributed by atoms with Crippen molar-refractivity contribution in [1.82, 2.24) is 9.55 Å². The van der Waals surface area contributed by atoms with E-state index in [9.17, 15) is 0 Å². The molecule has 0 amide bonds. The van der Waals surface area contributed by atoms with Gasteiger partial charge < -0.3 is 4.57 Å². The van der Waals surface area contributed by atoms with Crippen LogP contribution in [0.3, 0.4) is 0 Å². The molecule has 1 fully saturated rings. The second kappa shape index (κ2) is 10.0. The molecule has 1 saturated carbocycles. The zero-order valence-corrected chi connectivity index (χ0v) is 19.2. The molecule has 0 saturated heterocycles. The summed E-state index contributed by atoms with van der Waals surface area (Å²) in [4.78, 5) is 5.11. The number of hydrogen-bond donors (Lipinski definition) is 0. The molecule has 0 spiro atoms. The number of nitrogens with zero attached hydrogens (tertiary/aromatic N) is 3. The predicted molar refractivity (Wildman–Crippen MR) is 135 cm³/mol. The molecule has 0 unspecified atom stereocenters. The van der Waals surface area contributed by atoms with Gasteiger partial charge in [-0.3, -0.25) is 0 Å². The van der Waals surface area contributed by atoms with Gasteiger partial charge in [0.1, 0.15) is 5.82 Å². The largest absolute Gasteiger partial charge is 0.324 e. The first-order valence-electron chi connectivity index (χ1n) is 12.3. The van der Waals surface area contributed by atoms with Crippen LogP contribution in [0.1, 0.15) is 55.2 Å². The van der Waals surface area contributed by atoms with Gasteiger partial charge in [0.15, 0.2) is 0 Å². The summed E-state index contributed by atoms with van der Waals surface area (Å²) in [7, 11) is 0. The lowest BCUT2D eigenvalue weighted by Gasteiger charge is -2.22. The first kappa shape index (κ1) is 21.5. The van der Waals surface area contributed by atoms with Crippen molar-refractivity contribution in [2.24, 2.45) is 5.92 Å². The number of benzene rings is 3. The number of para-hydroxylation sites is 2. The highest BCUT2D eigenvalue weighted by atomic mass is 15.1. The quantitative estimate of drug-likeness (QED) is 0.306. The van der Waals surface area contributed by atoms with Gasteiger partial charge >= 0.3 is 0 Å². The molecule has 1 aromatic heterocycles. The zero-order valence-electron chi connectivity index (χ0n) is 19.2. The number of imidazole rings is 1. The topological polar surface area (TPSA) is 41.6 Å². The summed E-state index contributed by atoms with van der Waals surface area (Å²) in [5, 5.41) is 9.05. The molecule has 5 rings (SSSR count). The molecule has 0 atom stereocenters. The van der Waals surface area contributed by atoms with Crippen LogP contribution in [-0.2, 0) is 19.4 Å². The van der Waals surface area contributed by atoms with Crippen LogP contribution in [-0.4, -0.2) is 9.55 Å². The fourth-order valence-corrected chi connectivity index (χ4v) is 5.28. The van der Waals surface area contributed by atoms with E-state index in [1.807, 2.05) is 12.1 Å². The van der Waals surface area contributed by atoms with Crippen LogP contribution < -0.4 is 0 Å². The lowest BCUT2D eigenvalue weighted by Crippen LogP contribution is -2.11. The van der Waals surface area contributed by atoms with E-state index >= 15 is 0 Å². The van der Waals surface area contributed by atoms with E-state index in [0.29, 0.717) is 5.56 Å². The van der Waals surface area contributed by atoms with Crippen LogP contribution in [0.15, 0.2) is 72.8 Å². The summed E-state index contributed by atoms with van der Waals surface area (Å²) in [5.74, 6) is 1.95. The first-order chi connectivity index (χ1) is 16.3. The predicted octanol–water partition coefficient (Wildman–Crippen LogP) is 7.33. The monoisotopic (exact) mass is 433 g/mol. The van der Waals surface area contributed by atoms with E-state index in [2.05, 4.69) is 71.3 Å². The van der Waals surface area contributed by atoms with Crippen molar-refractivity contribution >= 4 is 11.0 Å². The van der Waals surface area contributed by atoms with Gasteiger partial charge in [-0.05, 0) is 60.6 Å². The second-order valence-corrected chi connectivity index (χ2v) is 9.33. The standard InChI is InChI=1S/C30H31N3/c31-22-25-16-14-24(15-17-25)18-19-26-10-4-5-11-27(26)30-32-28-12-6-7-13-29(28)33(30)21-20-23-8-2-1-3-9-23/h4-7,10-17,23H,1-3,8-9,18-21H2. The molecule has 3 nitrogen and oxygen atoms in total. The van der Waals surface area contributed by atoms with Gasteiger partial charge in [0, 0.05) is 12.1 Å². The molecule has 1 aliphatic carbocycles. The highest BCUT2D eigenvalue weighted by Crippen LogP contribution is 2.31. The Morgan fingerprint density at radius 3 is 2.42 bits per heavy atom. The maximum absolute atomic E-state index is 9.05. The van der Waals surface area contributed by atoms with E-state index in [4.69, 9.17) is 10.2 Å². The minimum absolute atomic E-state index is 0.714. The summed E-state index contributed by atoms with van der Waals surface area (Å²) in [5.41, 5.74) is 6.87. The number of nitriles is 1. The van der Waals surface area contributed by atoms with Crippen LogP contribution in [0, 0.1) is 17.2 Å². The Labute approximate surface area is 196 Å². The Morgan fingerprint density at radius 2 is 1.61 bits per heavy atom. The second-order valence-electron chi connectivity index (χ2n) is 9.33. The van der Waals surface area contributed by atoms with Crippen LogP contribution >= 0.6 is 0 Å². The van der Waals surface area contributed by atoms with E-state index in [0.717, 1.165) is 36.6 Å². The fraction of sp³-hybridized carbons (Fsp3) is 0.333. The average Bonchev–Trinajstić information content (AvgIpc) is 3.25. The van der Waals surface area contributed by atoms with Crippen LogP contribution in [0.2, 0.25) is 0 Å². The highest BCUT2D eigenvalue weighted by molar-refractivity contribution is 5.81. The van der Waals surface area contributed by atoms with Gasteiger partial charge in [0.05, 0.1) is 22.7 Å². The number of aromatic nitrogens is 2. The normalized spacial score (nSPS) is 14.4. The van der Waals surface area contributed by atoms with Crippen LogP contribution in [0.25, 0.3) is 22.4 Å². The summed E-state index contributed by atoms with van der Waals surface area (Å²) in [6.07, 6.45) is 10.1. The molecule has 0 radical (unpaired) electrons. The number of rotatable bonds is 7. The average molecular weight is 434 g/mol. The third-order valence-corrected chi connectivity index (χ3v) is 7.16. The molecule has 1 aliphatic rings. The van der Waals surface area contributed by atoms with Crippen molar-refractivity contribution in [3.8, 4) is 17.5 Å². The van der Waals surface area contributed by atoms with E-state index in [-0.39, 0.29) is 0 Å². The van der Waals surface area contributed by atoms with Gasteiger partial charge in [-0.2, -0.15) is 5.26 Å². The Balaban J connectivity index is 1.44. The van der Waals surface area contributed by atoms with Gasteiger partial charge in [-0.25, -0.2) is 4.98 Å². The molecule has 3 aromatic carbocycles. The Kier molecular flexibility index (Phi) is 6.53. The van der Waals surface area contributed by atoms with Gasteiger partial charge in [0.25, 0.3) is 0 Å². The molecule has 33 heavy (non-hydrogen) atoms. The summed E-state index contributed by atoms with van der Waals surface area (Å²) in [6.45, 7) is 1.03. The van der Waals surface area contributed by atoms with Crippen molar-refractivity contribution in [2.45, 2.75) is 57.9 Å². The summed E-state index contributed by atoms with van der Waals surface area (Å²) in [6, 6.07) is 27.4. The minimum atomic E-state index is 0.714. The van der Waals surface area contributed by atoms with Gasteiger partial charge in [0.2, 0.25) is 0 Å².